The van der Waals surface area contributed by atoms with Gasteiger partial charge in [0.25, 0.3) is 0 Å². The van der Waals surface area contributed by atoms with Gasteiger partial charge >= 0.3 is 0 Å². The molecule has 0 bridgehead atoms. The maximum atomic E-state index is 6.11. The van der Waals surface area contributed by atoms with Crippen LogP contribution in [0.5, 0.6) is 23.0 Å². The van der Waals surface area contributed by atoms with E-state index in [4.69, 9.17) is 46.3 Å². The molecule has 0 saturated heterocycles. The molecule has 6 aromatic heterocycles. The van der Waals surface area contributed by atoms with Gasteiger partial charge < -0.3 is 50.6 Å². The Morgan fingerprint density at radius 2 is 0.958 bits per heavy atom. The van der Waals surface area contributed by atoms with Crippen LogP contribution in [0.3, 0.4) is 0 Å². The molecule has 0 radical (unpaired) electrons. The summed E-state index contributed by atoms with van der Waals surface area (Å²) in [5.41, 5.74) is 13.7. The Morgan fingerprint density at radius 3 is 1.46 bits per heavy atom. The summed E-state index contributed by atoms with van der Waals surface area (Å²) < 4.78 is 21.8. The van der Waals surface area contributed by atoms with Gasteiger partial charge in [-0.2, -0.15) is 4.98 Å². The maximum Gasteiger partial charge on any atom is 0.225 e. The van der Waals surface area contributed by atoms with Crippen LogP contribution < -0.4 is 40.6 Å². The zero-order chi connectivity index (χ0) is 49.4. The van der Waals surface area contributed by atoms with E-state index < -0.39 is 0 Å². The standard InChI is InChI=1S/C27H28N6O2.C20H19ClN4O2.C7H10N2.CH4/c1-34-24-15-21-23(16-25(24)35-2)32-27(30-14-11-19-7-5-6-12-28-19)33-26(21)29-13-10-18-17-31-22-9-4-3-8-20(18)22;1-26-17-9-14-16(10-18(17)27-2)24-20(21)25-19(14)22-8-7-12-11-23-15-6-4-3-5-13(12)15;8-5-4-7-3-1-2-6-9-7;/h3-9,12,15-17,31H,10-11,13-14H2,1-2H3,(H2,29,30,32,33);3-6,9-11,23H,7-8H2,1-2H3,(H,22,24,25);1-3,6H,4-5,8H2;1H4. The van der Waals surface area contributed by atoms with Crippen molar-refractivity contribution in [1.82, 2.24) is 39.9 Å². The number of ether oxygens (including phenoxy) is 4. The molecule has 72 heavy (non-hydrogen) atoms. The van der Waals surface area contributed by atoms with Gasteiger partial charge in [0.15, 0.2) is 23.0 Å². The summed E-state index contributed by atoms with van der Waals surface area (Å²) in [5, 5.41) is 14.6. The van der Waals surface area contributed by atoms with E-state index in [1.807, 2.05) is 79.0 Å². The van der Waals surface area contributed by atoms with Gasteiger partial charge in [-0.1, -0.05) is 56.0 Å². The first-order valence-electron chi connectivity index (χ1n) is 23.2. The van der Waals surface area contributed by atoms with Gasteiger partial charge in [0.05, 0.1) is 39.5 Å². The number of pyridine rings is 2. The highest BCUT2D eigenvalue weighted by Crippen LogP contribution is 2.36. The van der Waals surface area contributed by atoms with Gasteiger partial charge in [0.1, 0.15) is 11.6 Å². The number of aromatic amines is 2. The Labute approximate surface area is 424 Å². The number of methoxy groups -OCH3 is 4. The van der Waals surface area contributed by atoms with Crippen molar-refractivity contribution in [3.63, 3.8) is 0 Å². The Kier molecular flexibility index (Phi) is 18.4. The lowest BCUT2D eigenvalue weighted by Gasteiger charge is -2.14. The SMILES string of the molecule is C.COc1cc2nc(Cl)nc(NCCc3c[nH]c4ccccc34)c2cc1OC.COc1cc2nc(NCCc3ccccn3)nc(NCCc3c[nH]c4ccccc34)c2cc1OC.NCCc1ccccn1. The van der Waals surface area contributed by atoms with Crippen LogP contribution in [0.25, 0.3) is 43.6 Å². The fraction of sp³-hybridized carbons (Fsp3) is 0.236. The first kappa shape index (κ1) is 51.6. The molecule has 0 amide bonds. The van der Waals surface area contributed by atoms with Crippen LogP contribution in [-0.2, 0) is 25.7 Å². The highest BCUT2D eigenvalue weighted by atomic mass is 35.5. The van der Waals surface area contributed by atoms with E-state index in [-0.39, 0.29) is 12.7 Å². The molecule has 0 unspecified atom stereocenters. The molecule has 17 heteroatoms. The molecule has 7 N–H and O–H groups in total. The number of benzene rings is 4. The van der Waals surface area contributed by atoms with Crippen molar-refractivity contribution in [2.75, 3.05) is 70.6 Å². The lowest BCUT2D eigenvalue weighted by molar-refractivity contribution is 0.356. The third-order valence-electron chi connectivity index (χ3n) is 11.6. The first-order valence-corrected chi connectivity index (χ1v) is 23.6. The number of hydrogen-bond donors (Lipinski definition) is 6. The fourth-order valence-electron chi connectivity index (χ4n) is 8.08. The summed E-state index contributed by atoms with van der Waals surface area (Å²) in [7, 11) is 6.44. The molecule has 0 atom stereocenters. The third-order valence-corrected chi connectivity index (χ3v) is 11.8. The number of anilines is 3. The summed E-state index contributed by atoms with van der Waals surface area (Å²) >= 11 is 6.11. The predicted octanol–water partition coefficient (Wildman–Crippen LogP) is 10.5. The van der Waals surface area contributed by atoms with Crippen LogP contribution in [0, 0.1) is 0 Å². The number of nitrogens with one attached hydrogen (secondary N) is 5. The Bertz CT molecular complexity index is 3300. The van der Waals surface area contributed by atoms with Crippen molar-refractivity contribution in [2.24, 2.45) is 5.73 Å². The van der Waals surface area contributed by atoms with Gasteiger partial charge in [-0.05, 0) is 90.6 Å². The van der Waals surface area contributed by atoms with Crippen LogP contribution in [-0.4, -0.2) is 94.5 Å². The van der Waals surface area contributed by atoms with E-state index in [0.717, 1.165) is 76.8 Å². The summed E-state index contributed by atoms with van der Waals surface area (Å²) in [6.07, 6.45) is 11.1. The topological polar surface area (TPSA) is 208 Å². The van der Waals surface area contributed by atoms with Crippen molar-refractivity contribution in [2.45, 2.75) is 33.1 Å². The molecule has 0 spiro atoms. The van der Waals surface area contributed by atoms with Gasteiger partial charge in [0.2, 0.25) is 11.2 Å². The zero-order valence-electron chi connectivity index (χ0n) is 40.1. The number of H-pyrrole nitrogens is 2. The van der Waals surface area contributed by atoms with Gasteiger partial charge in [-0.25, -0.2) is 15.0 Å². The van der Waals surface area contributed by atoms with Crippen LogP contribution in [0.1, 0.15) is 29.9 Å². The molecular formula is C55H61ClN12O4. The van der Waals surface area contributed by atoms with E-state index in [0.29, 0.717) is 59.9 Å². The number of aromatic nitrogens is 8. The lowest BCUT2D eigenvalue weighted by atomic mass is 10.1. The Morgan fingerprint density at radius 1 is 0.500 bits per heavy atom. The molecule has 6 heterocycles. The van der Waals surface area contributed by atoms with Crippen molar-refractivity contribution in [1.29, 1.82) is 0 Å². The quantitative estimate of drug-likeness (QED) is 0.0442. The molecule has 10 aromatic rings. The molecule has 0 aliphatic rings. The lowest BCUT2D eigenvalue weighted by Crippen LogP contribution is -2.12. The largest absolute Gasteiger partial charge is 0.493 e. The molecule has 0 fully saturated rings. The average molecular weight is 990 g/mol. The van der Waals surface area contributed by atoms with Crippen molar-refractivity contribution in [3.8, 4) is 23.0 Å². The monoisotopic (exact) mass is 988 g/mol. The van der Waals surface area contributed by atoms with E-state index >= 15 is 0 Å². The average Bonchev–Trinajstić information content (AvgIpc) is 4.03. The first-order chi connectivity index (χ1) is 34.9. The third kappa shape index (κ3) is 12.9. The number of nitrogens with two attached hydrogens (primary N) is 1. The molecule has 0 aliphatic carbocycles. The molecule has 4 aromatic carbocycles. The summed E-state index contributed by atoms with van der Waals surface area (Å²) in [4.78, 5) is 33.3. The molecule has 372 valence electrons. The van der Waals surface area contributed by atoms with Crippen LogP contribution in [0.4, 0.5) is 17.6 Å². The van der Waals surface area contributed by atoms with Crippen molar-refractivity contribution in [3.05, 3.63) is 162 Å². The maximum absolute atomic E-state index is 6.11. The van der Waals surface area contributed by atoms with Gasteiger partial charge in [-0.15, -0.1) is 0 Å². The summed E-state index contributed by atoms with van der Waals surface area (Å²) in [6, 6.07) is 35.8. The molecule has 16 nitrogen and oxygen atoms in total. The number of rotatable bonds is 18. The molecular weight excluding hydrogens is 928 g/mol. The van der Waals surface area contributed by atoms with Gasteiger partial charge in [0, 0.05) is 113 Å². The molecule has 0 saturated carbocycles. The second-order valence-electron chi connectivity index (χ2n) is 16.1. The second kappa shape index (κ2) is 25.6. The molecule has 0 aliphatic heterocycles. The van der Waals surface area contributed by atoms with E-state index in [1.54, 1.807) is 46.9 Å². The molecule has 10 rings (SSSR count). The van der Waals surface area contributed by atoms with E-state index in [2.05, 4.69) is 82.4 Å². The number of halogens is 1. The van der Waals surface area contributed by atoms with Crippen LogP contribution in [0.15, 0.2) is 134 Å². The Balaban J connectivity index is 0.000000182. The smallest absolute Gasteiger partial charge is 0.225 e. The second-order valence-corrected chi connectivity index (χ2v) is 16.5. The van der Waals surface area contributed by atoms with E-state index in [1.165, 1.54) is 21.9 Å². The minimum atomic E-state index is 0. The zero-order valence-corrected chi connectivity index (χ0v) is 40.9. The number of nitrogens with zero attached hydrogens (tertiary/aromatic N) is 6. The summed E-state index contributed by atoms with van der Waals surface area (Å²) in [5.74, 6) is 4.46. The Hall–Kier alpha value is -8.21. The number of fused-ring (bicyclic) bond motifs is 4. The normalized spacial score (nSPS) is 10.7. The van der Waals surface area contributed by atoms with Crippen LogP contribution >= 0.6 is 11.6 Å². The van der Waals surface area contributed by atoms with Gasteiger partial charge in [-0.3, -0.25) is 9.97 Å². The van der Waals surface area contributed by atoms with Crippen molar-refractivity contribution >= 4 is 72.8 Å². The highest BCUT2D eigenvalue weighted by molar-refractivity contribution is 6.28. The predicted molar refractivity (Wildman–Crippen MR) is 291 cm³/mol. The summed E-state index contributed by atoms with van der Waals surface area (Å²) in [6.45, 7) is 2.77. The number of hydrogen-bond acceptors (Lipinski definition) is 14. The highest BCUT2D eigenvalue weighted by Gasteiger charge is 2.15. The fourth-order valence-corrected chi connectivity index (χ4v) is 8.26. The van der Waals surface area contributed by atoms with E-state index in [9.17, 15) is 0 Å². The minimum Gasteiger partial charge on any atom is -0.493 e. The van der Waals surface area contributed by atoms with Crippen molar-refractivity contribution < 1.29 is 18.9 Å². The van der Waals surface area contributed by atoms with Crippen LogP contribution in [0.2, 0.25) is 5.28 Å². The minimum absolute atomic E-state index is 0. The number of para-hydroxylation sites is 2.